The smallest absolute Gasteiger partial charge is 0.0943 e. The Hall–Kier alpha value is -0.620. The summed E-state index contributed by atoms with van der Waals surface area (Å²) >= 11 is 0. The number of rotatable bonds is 1. The first-order valence-electron chi connectivity index (χ1n) is 5.54. The lowest BCUT2D eigenvalue weighted by Gasteiger charge is -1.76. The molecule has 0 saturated heterocycles. The maximum Gasteiger partial charge on any atom is 0.0943 e. The Bertz CT molecular complexity index is 285. The van der Waals surface area contributed by atoms with Crippen LogP contribution >= 0.6 is 34.0 Å². The number of hydrogen-bond donors (Lipinski definition) is 0. The Labute approximate surface area is 131 Å². The first kappa shape index (κ1) is 22.6. The fourth-order valence-electron chi connectivity index (χ4n) is 0.652. The molecule has 0 spiro atoms. The van der Waals surface area contributed by atoms with Gasteiger partial charge in [-0.1, -0.05) is 26.7 Å². The normalized spacial score (nSPS) is 7.56. The highest BCUT2D eigenvalue weighted by atomic mass is 79.9. The van der Waals surface area contributed by atoms with E-state index in [1.54, 1.807) is 25.0 Å². The SMILES string of the molecule is Br.Br.CCCC.Cn1ccnc1.Cn1ccnc1. The van der Waals surface area contributed by atoms with Crippen LogP contribution in [-0.4, -0.2) is 19.1 Å². The van der Waals surface area contributed by atoms with Crippen LogP contribution in [0.25, 0.3) is 0 Å². The number of halogens is 2. The van der Waals surface area contributed by atoms with Gasteiger partial charge >= 0.3 is 0 Å². The van der Waals surface area contributed by atoms with Gasteiger partial charge in [0.15, 0.2) is 0 Å². The maximum absolute atomic E-state index is 3.78. The van der Waals surface area contributed by atoms with Crippen LogP contribution in [0, 0.1) is 0 Å². The van der Waals surface area contributed by atoms with Crippen LogP contribution in [0.3, 0.4) is 0 Å². The number of nitrogens with zero attached hydrogens (tertiary/aromatic N) is 4. The fraction of sp³-hybridized carbons (Fsp3) is 0.500. The quantitative estimate of drug-likeness (QED) is 0.750. The lowest BCUT2D eigenvalue weighted by Crippen LogP contribution is -1.76. The summed E-state index contributed by atoms with van der Waals surface area (Å²) in [6, 6.07) is 0. The molecule has 0 amide bonds. The number of imidazole rings is 2. The van der Waals surface area contributed by atoms with E-state index in [4.69, 9.17) is 0 Å². The predicted molar refractivity (Wildman–Crippen MR) is 87.6 cm³/mol. The van der Waals surface area contributed by atoms with Crippen molar-refractivity contribution in [3.8, 4) is 0 Å². The van der Waals surface area contributed by atoms with Crippen molar-refractivity contribution in [2.45, 2.75) is 26.7 Å². The van der Waals surface area contributed by atoms with Crippen molar-refractivity contribution >= 4 is 34.0 Å². The van der Waals surface area contributed by atoms with E-state index in [2.05, 4.69) is 23.8 Å². The van der Waals surface area contributed by atoms with E-state index in [1.807, 2.05) is 35.6 Å². The van der Waals surface area contributed by atoms with E-state index in [9.17, 15) is 0 Å². The molecule has 2 aromatic heterocycles. The lowest BCUT2D eigenvalue weighted by molar-refractivity contribution is 0.886. The summed E-state index contributed by atoms with van der Waals surface area (Å²) in [5.74, 6) is 0. The summed E-state index contributed by atoms with van der Waals surface area (Å²) < 4.78 is 3.78. The first-order chi connectivity index (χ1) is 7.70. The van der Waals surface area contributed by atoms with Crippen LogP contribution in [0.5, 0.6) is 0 Å². The highest BCUT2D eigenvalue weighted by molar-refractivity contribution is 8.93. The van der Waals surface area contributed by atoms with E-state index >= 15 is 0 Å². The molecule has 2 heterocycles. The number of unbranched alkanes of at least 4 members (excludes halogenated alkanes) is 1. The fourth-order valence-corrected chi connectivity index (χ4v) is 0.652. The topological polar surface area (TPSA) is 35.6 Å². The van der Waals surface area contributed by atoms with Crippen molar-refractivity contribution in [1.29, 1.82) is 0 Å². The second kappa shape index (κ2) is 16.4. The van der Waals surface area contributed by atoms with E-state index in [-0.39, 0.29) is 34.0 Å². The van der Waals surface area contributed by atoms with Gasteiger partial charge in [0.05, 0.1) is 12.7 Å². The molecule has 2 aromatic rings. The number of aromatic nitrogens is 4. The van der Waals surface area contributed by atoms with Crippen molar-refractivity contribution in [2.75, 3.05) is 0 Å². The first-order valence-corrected chi connectivity index (χ1v) is 5.54. The third kappa shape index (κ3) is 15.4. The molecular formula is C12H24Br2N4. The molecule has 18 heavy (non-hydrogen) atoms. The van der Waals surface area contributed by atoms with Gasteiger partial charge in [-0.3, -0.25) is 0 Å². The largest absolute Gasteiger partial charge is 0.341 e. The standard InChI is InChI=1S/2C4H6N2.C4H10.2BrH/c2*1-6-3-2-5-4-6;1-3-4-2;;/h2*2-4H,1H3;3-4H2,1-2H3;2*1H. The molecule has 0 N–H and O–H groups in total. The highest BCUT2D eigenvalue weighted by Crippen LogP contribution is 1.76. The Morgan fingerprint density at radius 1 is 0.778 bits per heavy atom. The molecule has 0 fully saturated rings. The Morgan fingerprint density at radius 3 is 1.17 bits per heavy atom. The second-order valence-corrected chi connectivity index (χ2v) is 3.46. The minimum Gasteiger partial charge on any atom is -0.341 e. The molecule has 0 bridgehead atoms. The van der Waals surface area contributed by atoms with Gasteiger partial charge in [0, 0.05) is 38.9 Å². The van der Waals surface area contributed by atoms with Gasteiger partial charge in [-0.25, -0.2) is 9.97 Å². The van der Waals surface area contributed by atoms with Crippen LogP contribution in [-0.2, 0) is 14.1 Å². The van der Waals surface area contributed by atoms with Gasteiger partial charge in [-0.2, -0.15) is 0 Å². The van der Waals surface area contributed by atoms with Gasteiger partial charge in [0.2, 0.25) is 0 Å². The Kier molecular flexibility index (Phi) is 20.5. The summed E-state index contributed by atoms with van der Waals surface area (Å²) in [7, 11) is 3.88. The zero-order valence-corrected chi connectivity index (χ0v) is 14.9. The summed E-state index contributed by atoms with van der Waals surface area (Å²) in [6.45, 7) is 4.36. The third-order valence-electron chi connectivity index (χ3n) is 1.77. The van der Waals surface area contributed by atoms with Gasteiger partial charge in [-0.15, -0.1) is 34.0 Å². The number of aryl methyl sites for hydroxylation is 2. The molecule has 0 aliphatic heterocycles. The lowest BCUT2D eigenvalue weighted by atomic mass is 10.4. The van der Waals surface area contributed by atoms with Gasteiger partial charge in [0.1, 0.15) is 0 Å². The Balaban J connectivity index is -0.000000182. The summed E-state index contributed by atoms with van der Waals surface area (Å²) in [6.07, 6.45) is 13.4. The second-order valence-electron chi connectivity index (χ2n) is 3.46. The molecule has 0 saturated carbocycles. The van der Waals surface area contributed by atoms with Crippen LogP contribution in [0.1, 0.15) is 26.7 Å². The van der Waals surface area contributed by atoms with Crippen molar-refractivity contribution in [2.24, 2.45) is 14.1 Å². The molecular weight excluding hydrogens is 360 g/mol. The van der Waals surface area contributed by atoms with E-state index in [1.165, 1.54) is 12.8 Å². The van der Waals surface area contributed by atoms with Gasteiger partial charge in [0.25, 0.3) is 0 Å². The van der Waals surface area contributed by atoms with Gasteiger partial charge in [-0.05, 0) is 0 Å². The number of hydrogen-bond acceptors (Lipinski definition) is 2. The zero-order chi connectivity index (χ0) is 12.2. The van der Waals surface area contributed by atoms with Crippen LogP contribution < -0.4 is 0 Å². The van der Waals surface area contributed by atoms with Crippen molar-refractivity contribution in [3.05, 3.63) is 37.4 Å². The van der Waals surface area contributed by atoms with Crippen molar-refractivity contribution in [1.82, 2.24) is 19.1 Å². The Morgan fingerprint density at radius 2 is 1.11 bits per heavy atom. The average Bonchev–Trinajstić information content (AvgIpc) is 2.93. The molecule has 0 atom stereocenters. The van der Waals surface area contributed by atoms with E-state index in [0.717, 1.165) is 0 Å². The monoisotopic (exact) mass is 382 g/mol. The predicted octanol–water partition coefficient (Wildman–Crippen LogP) is 3.80. The molecule has 4 nitrogen and oxygen atoms in total. The average molecular weight is 384 g/mol. The summed E-state index contributed by atoms with van der Waals surface area (Å²) in [4.78, 5) is 7.57. The van der Waals surface area contributed by atoms with Crippen molar-refractivity contribution in [3.63, 3.8) is 0 Å². The zero-order valence-electron chi connectivity index (χ0n) is 11.5. The van der Waals surface area contributed by atoms with Gasteiger partial charge < -0.3 is 9.13 Å². The molecule has 0 aromatic carbocycles. The molecule has 6 heteroatoms. The van der Waals surface area contributed by atoms with E-state index in [0.29, 0.717) is 0 Å². The van der Waals surface area contributed by atoms with Crippen molar-refractivity contribution < 1.29 is 0 Å². The molecule has 0 aliphatic carbocycles. The molecule has 106 valence electrons. The van der Waals surface area contributed by atoms with Crippen LogP contribution in [0.4, 0.5) is 0 Å². The summed E-state index contributed by atoms with van der Waals surface area (Å²) in [5, 5.41) is 0. The molecule has 2 rings (SSSR count). The van der Waals surface area contributed by atoms with Crippen LogP contribution in [0.2, 0.25) is 0 Å². The maximum atomic E-state index is 3.78. The minimum atomic E-state index is 0. The summed E-state index contributed by atoms with van der Waals surface area (Å²) in [5.41, 5.74) is 0. The molecule has 0 unspecified atom stereocenters. The van der Waals surface area contributed by atoms with E-state index < -0.39 is 0 Å². The molecule has 0 aliphatic rings. The highest BCUT2D eigenvalue weighted by Gasteiger charge is 1.69. The van der Waals surface area contributed by atoms with Crippen LogP contribution in [0.15, 0.2) is 37.4 Å². The molecule has 0 radical (unpaired) electrons. The minimum absolute atomic E-state index is 0. The third-order valence-corrected chi connectivity index (χ3v) is 1.77.